The third-order valence-electron chi connectivity index (χ3n) is 6.37. The van der Waals surface area contributed by atoms with Gasteiger partial charge < -0.3 is 14.6 Å². The van der Waals surface area contributed by atoms with Crippen LogP contribution in [0.3, 0.4) is 0 Å². The summed E-state index contributed by atoms with van der Waals surface area (Å²) in [6, 6.07) is 0. The Morgan fingerprint density at radius 1 is 1.20 bits per heavy atom. The lowest BCUT2D eigenvalue weighted by atomic mass is 9.75. The molecule has 5 atom stereocenters. The van der Waals surface area contributed by atoms with Gasteiger partial charge in [-0.15, -0.1) is 0 Å². The molecule has 2 fully saturated rings. The molecule has 0 aromatic carbocycles. The molecule has 0 spiro atoms. The molecule has 3 nitrogen and oxygen atoms in total. The van der Waals surface area contributed by atoms with Gasteiger partial charge >= 0.3 is 0 Å². The molecule has 3 heteroatoms. The Kier molecular flexibility index (Phi) is 2.73. The van der Waals surface area contributed by atoms with Gasteiger partial charge in [0.05, 0.1) is 11.5 Å². The molecule has 1 N–H and O–H groups in total. The van der Waals surface area contributed by atoms with Crippen LogP contribution in [0, 0.1) is 23.7 Å². The molecule has 0 saturated heterocycles. The van der Waals surface area contributed by atoms with Crippen LogP contribution in [0.25, 0.3) is 0 Å². The van der Waals surface area contributed by atoms with Gasteiger partial charge in [-0.2, -0.15) is 0 Å². The molecule has 0 unspecified atom stereocenters. The number of ether oxygens (including phenoxy) is 2. The molecule has 4 aliphatic carbocycles. The quantitative estimate of drug-likeness (QED) is 0.636. The van der Waals surface area contributed by atoms with Crippen LogP contribution in [-0.4, -0.2) is 30.7 Å². The van der Waals surface area contributed by atoms with E-state index < -0.39 is 11.4 Å². The highest BCUT2D eigenvalue weighted by Crippen LogP contribution is 2.61. The Balaban J connectivity index is 1.71. The van der Waals surface area contributed by atoms with Crippen molar-refractivity contribution in [3.63, 3.8) is 0 Å². The highest BCUT2D eigenvalue weighted by atomic mass is 16.7. The first-order chi connectivity index (χ1) is 9.65. The van der Waals surface area contributed by atoms with Crippen molar-refractivity contribution in [2.45, 2.75) is 43.5 Å². The first-order valence-corrected chi connectivity index (χ1v) is 7.87. The number of methoxy groups -OCH3 is 2. The summed E-state index contributed by atoms with van der Waals surface area (Å²) in [4.78, 5) is 0. The maximum Gasteiger partial charge on any atom is 0.183 e. The third-order valence-corrected chi connectivity index (χ3v) is 6.37. The van der Waals surface area contributed by atoms with Crippen molar-refractivity contribution >= 4 is 0 Å². The molecule has 2 saturated carbocycles. The smallest absolute Gasteiger partial charge is 0.183 e. The SMILES string of the molecule is COC1(OC)[C@H]2C=C[C@H]1C[C@@]2(O)C1=CC[C@@H]2CCC[C@H]12. The molecular weight excluding hydrogens is 252 g/mol. The molecule has 0 amide bonds. The van der Waals surface area contributed by atoms with Gasteiger partial charge in [0.2, 0.25) is 0 Å². The van der Waals surface area contributed by atoms with E-state index in [1.165, 1.54) is 24.8 Å². The number of allylic oxidation sites excluding steroid dienone is 1. The fourth-order valence-electron chi connectivity index (χ4n) is 5.50. The second-order valence-electron chi connectivity index (χ2n) is 6.92. The van der Waals surface area contributed by atoms with Gasteiger partial charge in [0.25, 0.3) is 0 Å². The summed E-state index contributed by atoms with van der Waals surface area (Å²) in [5.41, 5.74) is 0.533. The summed E-state index contributed by atoms with van der Waals surface area (Å²) >= 11 is 0. The molecule has 110 valence electrons. The van der Waals surface area contributed by atoms with E-state index in [2.05, 4.69) is 18.2 Å². The normalized spacial score (nSPS) is 47.9. The Bertz CT molecular complexity index is 477. The Morgan fingerprint density at radius 2 is 2.00 bits per heavy atom. The number of rotatable bonds is 3. The van der Waals surface area contributed by atoms with E-state index in [0.29, 0.717) is 5.92 Å². The second-order valence-corrected chi connectivity index (χ2v) is 6.92. The summed E-state index contributed by atoms with van der Waals surface area (Å²) in [5.74, 6) is 0.803. The van der Waals surface area contributed by atoms with Crippen molar-refractivity contribution in [3.05, 3.63) is 23.8 Å². The molecule has 20 heavy (non-hydrogen) atoms. The molecule has 0 heterocycles. The van der Waals surface area contributed by atoms with Gasteiger partial charge in [-0.3, -0.25) is 0 Å². The van der Waals surface area contributed by atoms with Crippen LogP contribution in [-0.2, 0) is 9.47 Å². The van der Waals surface area contributed by atoms with Gasteiger partial charge in [-0.05, 0) is 43.1 Å². The van der Waals surface area contributed by atoms with Crippen LogP contribution < -0.4 is 0 Å². The van der Waals surface area contributed by atoms with Crippen molar-refractivity contribution < 1.29 is 14.6 Å². The second kappa shape index (κ2) is 4.19. The van der Waals surface area contributed by atoms with Gasteiger partial charge in [-0.1, -0.05) is 24.6 Å². The van der Waals surface area contributed by atoms with E-state index in [9.17, 15) is 5.11 Å². The summed E-state index contributed by atoms with van der Waals surface area (Å²) in [6.07, 6.45) is 12.4. The molecular formula is C17H24O3. The minimum absolute atomic E-state index is 0.0689. The van der Waals surface area contributed by atoms with E-state index in [1.54, 1.807) is 14.2 Å². The highest BCUT2D eigenvalue weighted by Gasteiger charge is 2.66. The highest BCUT2D eigenvalue weighted by molar-refractivity contribution is 5.38. The number of hydrogen-bond acceptors (Lipinski definition) is 3. The van der Waals surface area contributed by atoms with Gasteiger partial charge in [0.1, 0.15) is 0 Å². The average Bonchev–Trinajstić information content (AvgIpc) is 3.15. The lowest BCUT2D eigenvalue weighted by Gasteiger charge is -2.38. The first-order valence-electron chi connectivity index (χ1n) is 7.87. The fraction of sp³-hybridized carbons (Fsp3) is 0.765. The molecule has 0 aliphatic heterocycles. The Hall–Kier alpha value is -0.640. The minimum Gasteiger partial charge on any atom is -0.385 e. The maximum atomic E-state index is 11.4. The molecule has 4 aliphatic rings. The predicted molar refractivity (Wildman–Crippen MR) is 76.0 cm³/mol. The summed E-state index contributed by atoms with van der Waals surface area (Å²) in [6.45, 7) is 0. The van der Waals surface area contributed by atoms with Crippen molar-refractivity contribution in [1.82, 2.24) is 0 Å². The van der Waals surface area contributed by atoms with Crippen molar-refractivity contribution in [2.24, 2.45) is 23.7 Å². The van der Waals surface area contributed by atoms with Crippen LogP contribution in [0.4, 0.5) is 0 Å². The predicted octanol–water partition coefficient (Wildman–Crippen LogP) is 2.66. The van der Waals surface area contributed by atoms with Gasteiger partial charge in [0, 0.05) is 20.1 Å². The van der Waals surface area contributed by atoms with Crippen LogP contribution in [0.5, 0.6) is 0 Å². The molecule has 0 aromatic rings. The van der Waals surface area contributed by atoms with Gasteiger partial charge in [0.15, 0.2) is 5.79 Å². The zero-order chi connectivity index (χ0) is 14.0. The molecule has 0 radical (unpaired) electrons. The van der Waals surface area contributed by atoms with Crippen LogP contribution in [0.2, 0.25) is 0 Å². The zero-order valence-electron chi connectivity index (χ0n) is 12.3. The van der Waals surface area contributed by atoms with Crippen molar-refractivity contribution in [1.29, 1.82) is 0 Å². The zero-order valence-corrected chi connectivity index (χ0v) is 12.3. The van der Waals surface area contributed by atoms with E-state index in [4.69, 9.17) is 9.47 Å². The monoisotopic (exact) mass is 276 g/mol. The summed E-state index contributed by atoms with van der Waals surface area (Å²) < 4.78 is 11.5. The Labute approximate surface area is 120 Å². The fourth-order valence-corrected chi connectivity index (χ4v) is 5.50. The Morgan fingerprint density at radius 3 is 2.70 bits per heavy atom. The lowest BCUT2D eigenvalue weighted by molar-refractivity contribution is -0.238. The van der Waals surface area contributed by atoms with Crippen LogP contribution >= 0.6 is 0 Å². The summed E-state index contributed by atoms with van der Waals surface area (Å²) in [7, 11) is 3.40. The lowest BCUT2D eigenvalue weighted by Crippen LogP contribution is -2.47. The largest absolute Gasteiger partial charge is 0.385 e. The first kappa shape index (κ1) is 13.1. The molecule has 0 aromatic heterocycles. The van der Waals surface area contributed by atoms with E-state index in [0.717, 1.165) is 18.8 Å². The van der Waals surface area contributed by atoms with Crippen LogP contribution in [0.1, 0.15) is 32.1 Å². The number of hydrogen-bond donors (Lipinski definition) is 1. The van der Waals surface area contributed by atoms with Crippen molar-refractivity contribution in [2.75, 3.05) is 14.2 Å². The van der Waals surface area contributed by atoms with Gasteiger partial charge in [-0.25, -0.2) is 0 Å². The standard InChI is InChI=1S/C17H24O3/c1-19-17(20-2)12-7-9-15(17)16(18,10-12)14-8-6-11-4-3-5-13(11)14/h7-9,11-13,15,18H,3-6,10H2,1-2H3/t11-,12-,13-,15-,16+/m0/s1. The van der Waals surface area contributed by atoms with E-state index >= 15 is 0 Å². The molecule has 4 rings (SSSR count). The number of aliphatic hydroxyl groups is 1. The minimum atomic E-state index is -0.755. The average molecular weight is 276 g/mol. The third kappa shape index (κ3) is 1.36. The molecule has 2 bridgehead atoms. The maximum absolute atomic E-state index is 11.4. The van der Waals surface area contributed by atoms with E-state index in [-0.39, 0.29) is 11.8 Å². The topological polar surface area (TPSA) is 38.7 Å². The number of fused-ring (bicyclic) bond motifs is 3. The van der Waals surface area contributed by atoms with E-state index in [1.807, 2.05) is 0 Å². The summed E-state index contributed by atoms with van der Waals surface area (Å²) in [5, 5.41) is 11.4. The van der Waals surface area contributed by atoms with Crippen molar-refractivity contribution in [3.8, 4) is 0 Å². The van der Waals surface area contributed by atoms with Crippen LogP contribution in [0.15, 0.2) is 23.8 Å².